The number of fused-ring (bicyclic) bond motifs is 1. The van der Waals surface area contributed by atoms with Gasteiger partial charge in [0.15, 0.2) is 5.82 Å². The van der Waals surface area contributed by atoms with Crippen LogP contribution in [-0.4, -0.2) is 23.7 Å². The van der Waals surface area contributed by atoms with Crippen LogP contribution in [0.2, 0.25) is 0 Å². The first kappa shape index (κ1) is 10.0. The van der Waals surface area contributed by atoms with Crippen molar-refractivity contribution in [3.8, 4) is 0 Å². The topological polar surface area (TPSA) is 37.9 Å². The summed E-state index contributed by atoms with van der Waals surface area (Å²) in [5.41, 5.74) is 0.543. The predicted molar refractivity (Wildman–Crippen MR) is 51.6 cm³/mol. The van der Waals surface area contributed by atoms with Crippen molar-refractivity contribution in [1.29, 1.82) is 0 Å². The molecular weight excluding hydrogens is 202 g/mol. The minimum absolute atomic E-state index is 0.169. The van der Waals surface area contributed by atoms with E-state index in [0.29, 0.717) is 24.4 Å². The molecule has 0 aliphatic rings. The fourth-order valence-electron chi connectivity index (χ4n) is 1.41. The van der Waals surface area contributed by atoms with Gasteiger partial charge in [-0.05, 0) is 6.07 Å². The fraction of sp³-hybridized carbons (Fsp3) is 0.300. The predicted octanol–water partition coefficient (Wildman–Crippen LogP) is 2.03. The Kier molecular flexibility index (Phi) is 2.64. The zero-order chi connectivity index (χ0) is 10.8. The summed E-state index contributed by atoms with van der Waals surface area (Å²) in [7, 11) is 1.57. The third-order valence-corrected chi connectivity index (χ3v) is 2.10. The zero-order valence-corrected chi connectivity index (χ0v) is 8.18. The van der Waals surface area contributed by atoms with E-state index >= 15 is 0 Å². The Morgan fingerprint density at radius 3 is 2.93 bits per heavy atom. The Bertz CT molecular complexity index is 481. The average molecular weight is 212 g/mol. The number of hydrogen-bond acceptors (Lipinski definition) is 2. The van der Waals surface area contributed by atoms with Crippen LogP contribution in [0, 0.1) is 11.6 Å². The van der Waals surface area contributed by atoms with Gasteiger partial charge in [0, 0.05) is 19.6 Å². The van der Waals surface area contributed by atoms with Crippen molar-refractivity contribution in [2.75, 3.05) is 13.7 Å². The van der Waals surface area contributed by atoms with E-state index in [9.17, 15) is 8.78 Å². The normalized spacial score (nSPS) is 11.1. The Morgan fingerprint density at radius 2 is 2.20 bits per heavy atom. The van der Waals surface area contributed by atoms with Crippen LogP contribution in [0.4, 0.5) is 8.78 Å². The molecule has 1 N–H and O–H groups in total. The maximum Gasteiger partial charge on any atom is 0.153 e. The van der Waals surface area contributed by atoms with Gasteiger partial charge in [0.2, 0.25) is 0 Å². The van der Waals surface area contributed by atoms with Crippen molar-refractivity contribution < 1.29 is 13.5 Å². The standard InChI is InChI=1S/C10H10F2N2O/c1-15-3-2-9-13-8-5-6(11)4-7(12)10(8)14-9/h4-5H,2-3H2,1H3,(H,13,14). The number of nitrogens with one attached hydrogen (secondary N) is 1. The Balaban J connectivity index is 2.41. The molecule has 0 amide bonds. The lowest BCUT2D eigenvalue weighted by atomic mass is 10.3. The molecule has 0 radical (unpaired) electrons. The molecule has 1 aromatic carbocycles. The first-order valence-corrected chi connectivity index (χ1v) is 4.53. The second kappa shape index (κ2) is 3.94. The van der Waals surface area contributed by atoms with E-state index in [2.05, 4.69) is 9.97 Å². The Morgan fingerprint density at radius 1 is 1.40 bits per heavy atom. The number of aromatic amines is 1. The number of ether oxygens (including phenoxy) is 1. The van der Waals surface area contributed by atoms with Gasteiger partial charge in [-0.1, -0.05) is 0 Å². The van der Waals surface area contributed by atoms with Crippen LogP contribution in [0.1, 0.15) is 5.82 Å². The second-order valence-electron chi connectivity index (χ2n) is 3.21. The van der Waals surface area contributed by atoms with E-state index < -0.39 is 11.6 Å². The maximum atomic E-state index is 13.2. The Labute approximate surface area is 85.1 Å². The molecule has 1 heterocycles. The van der Waals surface area contributed by atoms with E-state index in [1.165, 1.54) is 6.07 Å². The van der Waals surface area contributed by atoms with Crippen molar-refractivity contribution >= 4 is 11.0 Å². The van der Waals surface area contributed by atoms with Gasteiger partial charge in [-0.25, -0.2) is 13.8 Å². The summed E-state index contributed by atoms with van der Waals surface area (Å²) in [6, 6.07) is 2.05. The molecular formula is C10H10F2N2O. The third-order valence-electron chi connectivity index (χ3n) is 2.10. The molecule has 0 saturated heterocycles. The van der Waals surface area contributed by atoms with Gasteiger partial charge >= 0.3 is 0 Å². The molecule has 0 aliphatic carbocycles. The summed E-state index contributed by atoms with van der Waals surface area (Å²) in [5, 5.41) is 0. The van der Waals surface area contributed by atoms with E-state index in [4.69, 9.17) is 4.74 Å². The number of imidazole rings is 1. The summed E-state index contributed by atoms with van der Waals surface area (Å²) < 4.78 is 30.9. The number of hydrogen-bond donors (Lipinski definition) is 1. The molecule has 0 spiro atoms. The monoisotopic (exact) mass is 212 g/mol. The van der Waals surface area contributed by atoms with Gasteiger partial charge in [0.25, 0.3) is 0 Å². The minimum Gasteiger partial charge on any atom is -0.384 e. The highest BCUT2D eigenvalue weighted by Gasteiger charge is 2.09. The van der Waals surface area contributed by atoms with Crippen LogP contribution in [0.5, 0.6) is 0 Å². The van der Waals surface area contributed by atoms with Gasteiger partial charge in [0.05, 0.1) is 12.1 Å². The number of rotatable bonds is 3. The molecule has 0 unspecified atom stereocenters. The third kappa shape index (κ3) is 1.97. The summed E-state index contributed by atoms with van der Waals surface area (Å²) in [5.74, 6) is -0.664. The summed E-state index contributed by atoms with van der Waals surface area (Å²) >= 11 is 0. The summed E-state index contributed by atoms with van der Waals surface area (Å²) in [4.78, 5) is 6.85. The molecule has 2 aromatic rings. The van der Waals surface area contributed by atoms with Gasteiger partial charge in [-0.15, -0.1) is 0 Å². The number of nitrogens with zero attached hydrogens (tertiary/aromatic N) is 1. The minimum atomic E-state index is -0.648. The highest BCUT2D eigenvalue weighted by Crippen LogP contribution is 2.17. The fourth-order valence-corrected chi connectivity index (χ4v) is 1.41. The number of H-pyrrole nitrogens is 1. The molecule has 2 rings (SSSR count). The van der Waals surface area contributed by atoms with E-state index in [0.717, 1.165) is 6.07 Å². The molecule has 3 nitrogen and oxygen atoms in total. The molecule has 15 heavy (non-hydrogen) atoms. The first-order chi connectivity index (χ1) is 7.20. The van der Waals surface area contributed by atoms with Crippen LogP contribution in [0.25, 0.3) is 11.0 Å². The molecule has 0 atom stereocenters. The van der Waals surface area contributed by atoms with Crippen LogP contribution in [-0.2, 0) is 11.2 Å². The molecule has 0 bridgehead atoms. The summed E-state index contributed by atoms with van der Waals surface area (Å²) in [6.45, 7) is 0.490. The Hall–Kier alpha value is -1.49. The zero-order valence-electron chi connectivity index (χ0n) is 8.18. The smallest absolute Gasteiger partial charge is 0.153 e. The molecule has 0 saturated carbocycles. The highest BCUT2D eigenvalue weighted by atomic mass is 19.1. The second-order valence-corrected chi connectivity index (χ2v) is 3.21. The van der Waals surface area contributed by atoms with Crippen LogP contribution >= 0.6 is 0 Å². The van der Waals surface area contributed by atoms with Crippen molar-refractivity contribution in [1.82, 2.24) is 9.97 Å². The van der Waals surface area contributed by atoms with Gasteiger partial charge < -0.3 is 9.72 Å². The van der Waals surface area contributed by atoms with Crippen molar-refractivity contribution in [3.63, 3.8) is 0 Å². The lowest BCUT2D eigenvalue weighted by molar-refractivity contribution is 0.201. The SMILES string of the molecule is COCCc1nc2c(F)cc(F)cc2[nH]1. The number of benzene rings is 1. The van der Waals surface area contributed by atoms with Crippen LogP contribution < -0.4 is 0 Å². The lowest BCUT2D eigenvalue weighted by Gasteiger charge is -1.92. The molecule has 80 valence electrons. The maximum absolute atomic E-state index is 13.2. The molecule has 5 heteroatoms. The van der Waals surface area contributed by atoms with Gasteiger partial charge in [0.1, 0.15) is 17.2 Å². The number of aromatic nitrogens is 2. The van der Waals surface area contributed by atoms with E-state index in [1.54, 1.807) is 7.11 Å². The van der Waals surface area contributed by atoms with Gasteiger partial charge in [-0.3, -0.25) is 0 Å². The highest BCUT2D eigenvalue weighted by molar-refractivity contribution is 5.75. The summed E-state index contributed by atoms with van der Waals surface area (Å²) in [6.07, 6.45) is 0.548. The van der Waals surface area contributed by atoms with Gasteiger partial charge in [-0.2, -0.15) is 0 Å². The van der Waals surface area contributed by atoms with E-state index in [-0.39, 0.29) is 5.52 Å². The molecule has 1 aromatic heterocycles. The first-order valence-electron chi connectivity index (χ1n) is 4.53. The lowest BCUT2D eigenvalue weighted by Crippen LogP contribution is -1.95. The molecule has 0 aliphatic heterocycles. The van der Waals surface area contributed by atoms with Crippen LogP contribution in [0.15, 0.2) is 12.1 Å². The van der Waals surface area contributed by atoms with Crippen molar-refractivity contribution in [3.05, 3.63) is 29.6 Å². The molecule has 0 fully saturated rings. The number of halogens is 2. The largest absolute Gasteiger partial charge is 0.384 e. The van der Waals surface area contributed by atoms with E-state index in [1.807, 2.05) is 0 Å². The quantitative estimate of drug-likeness (QED) is 0.845. The van der Waals surface area contributed by atoms with Crippen molar-refractivity contribution in [2.24, 2.45) is 0 Å². The average Bonchev–Trinajstić information content (AvgIpc) is 2.57. The number of methoxy groups -OCH3 is 1. The van der Waals surface area contributed by atoms with Crippen LogP contribution in [0.3, 0.4) is 0 Å². The van der Waals surface area contributed by atoms with Crippen molar-refractivity contribution in [2.45, 2.75) is 6.42 Å².